The maximum atomic E-state index is 14.0. The summed E-state index contributed by atoms with van der Waals surface area (Å²) in [5.74, 6) is -0.703. The first-order valence-electron chi connectivity index (χ1n) is 9.06. The summed E-state index contributed by atoms with van der Waals surface area (Å²) < 4.78 is 51.5. The van der Waals surface area contributed by atoms with E-state index in [1.165, 1.54) is 48.7 Å². The Morgan fingerprint density at radius 3 is 2.48 bits per heavy atom. The molecule has 0 saturated heterocycles. The second-order valence-corrected chi connectivity index (χ2v) is 8.16. The number of benzene rings is 2. The van der Waals surface area contributed by atoms with Crippen molar-refractivity contribution < 1.29 is 26.4 Å². The van der Waals surface area contributed by atoms with Crippen LogP contribution in [0.25, 0.3) is 11.3 Å². The number of hydrogen-bond acceptors (Lipinski definition) is 6. The summed E-state index contributed by atoms with van der Waals surface area (Å²) in [6.45, 7) is 0.0127. The van der Waals surface area contributed by atoms with Crippen LogP contribution in [0.4, 0.5) is 10.1 Å². The molecule has 8 nitrogen and oxygen atoms in total. The van der Waals surface area contributed by atoms with Crippen LogP contribution in [0.2, 0.25) is 0 Å². The van der Waals surface area contributed by atoms with Crippen molar-refractivity contribution in [3.63, 3.8) is 0 Å². The Balaban J connectivity index is 1.47. The van der Waals surface area contributed by atoms with Gasteiger partial charge >= 0.3 is 0 Å². The number of carbonyl (C=O) groups is 1. The number of furan rings is 1. The Morgan fingerprint density at radius 1 is 1.00 bits per heavy atom. The summed E-state index contributed by atoms with van der Waals surface area (Å²) in [5.41, 5.74) is 0.341. The van der Waals surface area contributed by atoms with Gasteiger partial charge < -0.3 is 14.2 Å². The van der Waals surface area contributed by atoms with E-state index in [2.05, 4.69) is 15.0 Å². The van der Waals surface area contributed by atoms with Crippen molar-refractivity contribution in [2.75, 3.05) is 5.32 Å². The Labute approximate surface area is 176 Å². The summed E-state index contributed by atoms with van der Waals surface area (Å²) in [7, 11) is -3.76. The first-order chi connectivity index (χ1) is 14.9. The van der Waals surface area contributed by atoms with Gasteiger partial charge in [-0.05, 0) is 48.5 Å². The van der Waals surface area contributed by atoms with E-state index in [1.54, 1.807) is 18.2 Å². The molecule has 0 radical (unpaired) electrons. The van der Waals surface area contributed by atoms with Crippen LogP contribution in [0.3, 0.4) is 0 Å². The number of aromatic nitrogens is 1. The molecule has 0 aliphatic rings. The van der Waals surface area contributed by atoms with Crippen LogP contribution in [0.1, 0.15) is 16.2 Å². The highest BCUT2D eigenvalue weighted by molar-refractivity contribution is 7.89. The monoisotopic (exact) mass is 441 g/mol. The van der Waals surface area contributed by atoms with Gasteiger partial charge in [-0.1, -0.05) is 12.1 Å². The van der Waals surface area contributed by atoms with Crippen LogP contribution in [0.15, 0.2) is 87.1 Å². The van der Waals surface area contributed by atoms with Crippen molar-refractivity contribution in [3.05, 3.63) is 90.6 Å². The van der Waals surface area contributed by atoms with Crippen molar-refractivity contribution in [3.8, 4) is 11.3 Å². The number of sulfonamides is 1. The second-order valence-electron chi connectivity index (χ2n) is 6.39. The molecule has 2 heterocycles. The zero-order valence-corrected chi connectivity index (χ0v) is 16.7. The molecule has 2 N–H and O–H groups in total. The number of oxazole rings is 1. The number of halogens is 1. The summed E-state index contributed by atoms with van der Waals surface area (Å²) >= 11 is 0. The largest absolute Gasteiger partial charge is 0.468 e. The predicted octanol–water partition coefficient (Wildman–Crippen LogP) is 3.80. The van der Waals surface area contributed by atoms with E-state index < -0.39 is 21.7 Å². The van der Waals surface area contributed by atoms with Gasteiger partial charge in [-0.25, -0.2) is 22.5 Å². The molecule has 31 heavy (non-hydrogen) atoms. The third-order valence-corrected chi connectivity index (χ3v) is 5.76. The van der Waals surface area contributed by atoms with E-state index in [-0.39, 0.29) is 28.5 Å². The van der Waals surface area contributed by atoms with E-state index in [0.29, 0.717) is 11.4 Å². The number of nitrogens with one attached hydrogen (secondary N) is 2. The lowest BCUT2D eigenvalue weighted by molar-refractivity contribution is 0.102. The van der Waals surface area contributed by atoms with Crippen molar-refractivity contribution in [2.45, 2.75) is 11.4 Å². The average Bonchev–Trinajstić information content (AvgIpc) is 3.45. The lowest BCUT2D eigenvalue weighted by Gasteiger charge is -2.08. The van der Waals surface area contributed by atoms with Gasteiger partial charge in [0.05, 0.1) is 23.3 Å². The summed E-state index contributed by atoms with van der Waals surface area (Å²) in [6.07, 6.45) is 2.50. The van der Waals surface area contributed by atoms with Crippen LogP contribution in [-0.2, 0) is 16.6 Å². The zero-order chi connectivity index (χ0) is 21.8. The van der Waals surface area contributed by atoms with Gasteiger partial charge in [0.15, 0.2) is 17.8 Å². The average molecular weight is 441 g/mol. The van der Waals surface area contributed by atoms with E-state index in [1.807, 2.05) is 0 Å². The van der Waals surface area contributed by atoms with Crippen LogP contribution in [0.5, 0.6) is 0 Å². The second kappa shape index (κ2) is 8.54. The Kier molecular flexibility index (Phi) is 5.65. The molecule has 0 aliphatic heterocycles. The number of carbonyl (C=O) groups excluding carboxylic acids is 1. The standard InChI is InChI=1S/C21H16FN3O5S/c22-18-6-2-1-5-17(18)20-19(23-13-30-20)21(26)25-14-7-9-16(10-8-14)31(27,28)24-12-15-4-3-11-29-15/h1-11,13,24H,12H2,(H,25,26). The number of anilines is 1. The lowest BCUT2D eigenvalue weighted by Crippen LogP contribution is -2.23. The van der Waals surface area contributed by atoms with E-state index in [4.69, 9.17) is 8.83 Å². The zero-order valence-electron chi connectivity index (χ0n) is 15.9. The normalized spacial score (nSPS) is 11.4. The van der Waals surface area contributed by atoms with E-state index in [9.17, 15) is 17.6 Å². The van der Waals surface area contributed by atoms with Gasteiger partial charge in [-0.2, -0.15) is 0 Å². The lowest BCUT2D eigenvalue weighted by atomic mass is 10.1. The van der Waals surface area contributed by atoms with E-state index >= 15 is 0 Å². The minimum absolute atomic E-state index is 0.00285. The molecule has 0 bridgehead atoms. The molecule has 0 aliphatic carbocycles. The summed E-state index contributed by atoms with van der Waals surface area (Å²) in [5, 5.41) is 2.59. The molecule has 0 spiro atoms. The molecule has 4 rings (SSSR count). The molecular weight excluding hydrogens is 425 g/mol. The number of rotatable bonds is 7. The third-order valence-electron chi connectivity index (χ3n) is 4.34. The van der Waals surface area contributed by atoms with Crippen molar-refractivity contribution >= 4 is 21.6 Å². The van der Waals surface area contributed by atoms with Crippen LogP contribution in [-0.4, -0.2) is 19.3 Å². The highest BCUT2D eigenvalue weighted by Gasteiger charge is 2.21. The number of hydrogen-bond donors (Lipinski definition) is 2. The molecule has 2 aromatic heterocycles. The molecule has 0 saturated carbocycles. The maximum absolute atomic E-state index is 14.0. The minimum atomic E-state index is -3.76. The minimum Gasteiger partial charge on any atom is -0.468 e. The molecule has 0 unspecified atom stereocenters. The van der Waals surface area contributed by atoms with Gasteiger partial charge in [0, 0.05) is 5.69 Å². The van der Waals surface area contributed by atoms with Gasteiger partial charge in [-0.3, -0.25) is 4.79 Å². The summed E-state index contributed by atoms with van der Waals surface area (Å²) in [4.78, 5) is 16.5. The highest BCUT2D eigenvalue weighted by Crippen LogP contribution is 2.26. The first kappa shape index (κ1) is 20.5. The van der Waals surface area contributed by atoms with Crippen LogP contribution < -0.4 is 10.0 Å². The fourth-order valence-electron chi connectivity index (χ4n) is 2.81. The Morgan fingerprint density at radius 2 is 1.77 bits per heavy atom. The van der Waals surface area contributed by atoms with Crippen molar-refractivity contribution in [2.24, 2.45) is 0 Å². The molecule has 158 valence electrons. The maximum Gasteiger partial charge on any atom is 0.278 e. The van der Waals surface area contributed by atoms with Gasteiger partial charge in [0.2, 0.25) is 10.0 Å². The van der Waals surface area contributed by atoms with Crippen molar-refractivity contribution in [1.29, 1.82) is 0 Å². The predicted molar refractivity (Wildman–Crippen MR) is 109 cm³/mol. The Bertz CT molecular complexity index is 1300. The fraction of sp³-hybridized carbons (Fsp3) is 0.0476. The van der Waals surface area contributed by atoms with Gasteiger partial charge in [-0.15, -0.1) is 0 Å². The highest BCUT2D eigenvalue weighted by atomic mass is 32.2. The van der Waals surface area contributed by atoms with Gasteiger partial charge in [0.25, 0.3) is 5.91 Å². The molecule has 0 atom stereocenters. The third kappa shape index (κ3) is 4.55. The SMILES string of the molecule is O=C(Nc1ccc(S(=O)(=O)NCc2ccco2)cc1)c1ncoc1-c1ccccc1F. The molecule has 0 fully saturated rings. The fourth-order valence-corrected chi connectivity index (χ4v) is 3.81. The molecule has 2 aromatic carbocycles. The quantitative estimate of drug-likeness (QED) is 0.451. The molecule has 10 heteroatoms. The molecular formula is C21H16FN3O5S. The number of amides is 1. The topological polar surface area (TPSA) is 114 Å². The smallest absolute Gasteiger partial charge is 0.278 e. The van der Waals surface area contributed by atoms with Gasteiger partial charge in [0.1, 0.15) is 11.6 Å². The van der Waals surface area contributed by atoms with Crippen LogP contribution >= 0.6 is 0 Å². The van der Waals surface area contributed by atoms with Crippen LogP contribution in [0, 0.1) is 5.82 Å². The molecule has 1 amide bonds. The first-order valence-corrected chi connectivity index (χ1v) is 10.5. The summed E-state index contributed by atoms with van der Waals surface area (Å²) in [6, 6.07) is 14.7. The number of nitrogens with zero attached hydrogens (tertiary/aromatic N) is 1. The van der Waals surface area contributed by atoms with E-state index in [0.717, 1.165) is 6.39 Å². The Hall–Kier alpha value is -3.76. The van der Waals surface area contributed by atoms with Crippen molar-refractivity contribution in [1.82, 2.24) is 9.71 Å². The molecule has 4 aromatic rings.